The van der Waals surface area contributed by atoms with E-state index in [1.54, 1.807) is 6.07 Å². The Balaban J connectivity index is 1.40. The van der Waals surface area contributed by atoms with E-state index in [0.29, 0.717) is 29.9 Å². The molecule has 2 heterocycles. The number of benzene rings is 2. The molecule has 1 atom stereocenters. The molecule has 8 heteroatoms. The number of nitrogens with zero attached hydrogens (tertiary/aromatic N) is 2. The highest BCUT2D eigenvalue weighted by molar-refractivity contribution is 5.79. The lowest BCUT2D eigenvalue weighted by Crippen LogP contribution is -2.27. The van der Waals surface area contributed by atoms with Crippen molar-refractivity contribution in [2.75, 3.05) is 6.61 Å². The lowest BCUT2D eigenvalue weighted by molar-refractivity contribution is -0.384. The summed E-state index contributed by atoms with van der Waals surface area (Å²) in [4.78, 5) is 30.1. The van der Waals surface area contributed by atoms with Crippen molar-refractivity contribution in [2.45, 2.75) is 25.3 Å². The quantitative estimate of drug-likeness (QED) is 0.533. The molecule has 8 nitrogen and oxygen atoms in total. The second kappa shape index (κ2) is 7.06. The van der Waals surface area contributed by atoms with Gasteiger partial charge in [0.05, 0.1) is 29.1 Å². The van der Waals surface area contributed by atoms with Crippen molar-refractivity contribution in [1.29, 1.82) is 0 Å². The highest BCUT2D eigenvalue weighted by Gasteiger charge is 2.23. The zero-order chi connectivity index (χ0) is 18.8. The first kappa shape index (κ1) is 17.0. The van der Waals surface area contributed by atoms with Gasteiger partial charge in [0.25, 0.3) is 5.69 Å². The number of aromatic amines is 1. The van der Waals surface area contributed by atoms with E-state index in [1.807, 2.05) is 24.3 Å². The molecule has 0 saturated carbocycles. The number of rotatable bonds is 5. The molecular weight excluding hydrogens is 348 g/mol. The van der Waals surface area contributed by atoms with Gasteiger partial charge < -0.3 is 15.0 Å². The maximum atomic E-state index is 12.4. The molecule has 2 aromatic carbocycles. The maximum absolute atomic E-state index is 12.4. The summed E-state index contributed by atoms with van der Waals surface area (Å²) in [6.07, 6.45) is 1.19. The van der Waals surface area contributed by atoms with Crippen molar-refractivity contribution in [1.82, 2.24) is 15.3 Å². The fraction of sp³-hybridized carbons (Fsp3) is 0.263. The number of amides is 1. The van der Waals surface area contributed by atoms with E-state index >= 15 is 0 Å². The lowest BCUT2D eigenvalue weighted by Gasteiger charge is -2.25. The molecule has 0 aliphatic carbocycles. The molecule has 138 valence electrons. The number of para-hydroxylation sites is 1. The number of nitrogens with one attached hydrogen (secondary N) is 2. The minimum atomic E-state index is -0.451. The molecule has 0 radical (unpaired) electrons. The topological polar surface area (TPSA) is 110 Å². The zero-order valence-corrected chi connectivity index (χ0v) is 14.5. The third-order valence-electron chi connectivity index (χ3n) is 4.69. The van der Waals surface area contributed by atoms with E-state index in [1.165, 1.54) is 12.1 Å². The van der Waals surface area contributed by atoms with Crippen molar-refractivity contribution >= 4 is 22.6 Å². The molecule has 0 spiro atoms. The minimum absolute atomic E-state index is 0.0000756. The highest BCUT2D eigenvalue weighted by Crippen LogP contribution is 2.35. The third kappa shape index (κ3) is 3.59. The standard InChI is InChI=1S/C19H18N4O4/c24-19(9-12-7-8-27-17-4-2-1-3-14(12)17)20-11-18-21-15-6-5-13(23(25)26)10-16(15)22-18/h1-6,10,12H,7-9,11H2,(H,20,24)(H,21,22). The molecule has 3 aromatic rings. The van der Waals surface area contributed by atoms with Crippen molar-refractivity contribution in [2.24, 2.45) is 0 Å². The van der Waals surface area contributed by atoms with Crippen LogP contribution < -0.4 is 10.1 Å². The molecule has 1 aliphatic rings. The van der Waals surface area contributed by atoms with Gasteiger partial charge >= 0.3 is 0 Å². The molecule has 1 unspecified atom stereocenters. The summed E-state index contributed by atoms with van der Waals surface area (Å²) in [7, 11) is 0. The number of aromatic nitrogens is 2. The third-order valence-corrected chi connectivity index (χ3v) is 4.69. The van der Waals surface area contributed by atoms with Crippen LogP contribution in [-0.4, -0.2) is 27.4 Å². The Bertz CT molecular complexity index is 1010. The summed E-state index contributed by atoms with van der Waals surface area (Å²) in [6, 6.07) is 12.2. The van der Waals surface area contributed by atoms with Crippen LogP contribution in [0.4, 0.5) is 5.69 Å². The fourth-order valence-corrected chi connectivity index (χ4v) is 3.35. The van der Waals surface area contributed by atoms with Crippen LogP contribution in [0.5, 0.6) is 5.75 Å². The Kier molecular flexibility index (Phi) is 4.45. The van der Waals surface area contributed by atoms with Crippen LogP contribution >= 0.6 is 0 Å². The second-order valence-corrected chi connectivity index (χ2v) is 6.49. The molecule has 1 aliphatic heterocycles. The van der Waals surface area contributed by atoms with Crippen LogP contribution in [0.3, 0.4) is 0 Å². The minimum Gasteiger partial charge on any atom is -0.493 e. The largest absolute Gasteiger partial charge is 0.493 e. The van der Waals surface area contributed by atoms with Gasteiger partial charge in [-0.3, -0.25) is 14.9 Å². The normalized spacial score (nSPS) is 15.8. The molecule has 0 fully saturated rings. The Labute approximate surface area is 154 Å². The van der Waals surface area contributed by atoms with Crippen LogP contribution in [0.25, 0.3) is 11.0 Å². The summed E-state index contributed by atoms with van der Waals surface area (Å²) >= 11 is 0. The molecule has 2 N–H and O–H groups in total. The van der Waals surface area contributed by atoms with Crippen LogP contribution in [0.15, 0.2) is 42.5 Å². The average Bonchev–Trinajstić information content (AvgIpc) is 3.09. The number of carbonyl (C=O) groups is 1. The zero-order valence-electron chi connectivity index (χ0n) is 14.5. The molecule has 1 amide bonds. The number of nitro groups is 1. The van der Waals surface area contributed by atoms with Gasteiger partial charge in [0, 0.05) is 18.6 Å². The molecule has 1 aromatic heterocycles. The second-order valence-electron chi connectivity index (χ2n) is 6.49. The summed E-state index contributed by atoms with van der Waals surface area (Å²) in [5.41, 5.74) is 2.27. The fourth-order valence-electron chi connectivity index (χ4n) is 3.35. The molecule has 27 heavy (non-hydrogen) atoms. The van der Waals surface area contributed by atoms with Gasteiger partial charge in [-0.1, -0.05) is 18.2 Å². The van der Waals surface area contributed by atoms with Gasteiger partial charge in [-0.05, 0) is 30.0 Å². The van der Waals surface area contributed by atoms with E-state index in [-0.39, 0.29) is 24.1 Å². The Morgan fingerprint density at radius 2 is 2.19 bits per heavy atom. The lowest BCUT2D eigenvalue weighted by atomic mass is 9.90. The predicted octanol–water partition coefficient (Wildman–Crippen LogP) is 3.04. The van der Waals surface area contributed by atoms with Crippen LogP contribution in [0.1, 0.15) is 30.1 Å². The number of carbonyl (C=O) groups excluding carboxylic acids is 1. The van der Waals surface area contributed by atoms with E-state index in [0.717, 1.165) is 17.7 Å². The SMILES string of the molecule is O=C(CC1CCOc2ccccc21)NCc1nc2ccc([N+](=O)[O-])cc2[nH]1. The van der Waals surface area contributed by atoms with Gasteiger partial charge in [0.2, 0.25) is 5.91 Å². The van der Waals surface area contributed by atoms with Crippen LogP contribution in [0, 0.1) is 10.1 Å². The number of hydrogen-bond acceptors (Lipinski definition) is 5. The van der Waals surface area contributed by atoms with Gasteiger partial charge in [-0.2, -0.15) is 0 Å². The summed E-state index contributed by atoms with van der Waals surface area (Å²) < 4.78 is 5.63. The van der Waals surface area contributed by atoms with Gasteiger partial charge in [-0.25, -0.2) is 4.98 Å². The van der Waals surface area contributed by atoms with Crippen LogP contribution in [-0.2, 0) is 11.3 Å². The van der Waals surface area contributed by atoms with Crippen molar-refractivity contribution in [3.8, 4) is 5.75 Å². The van der Waals surface area contributed by atoms with Crippen molar-refractivity contribution in [3.05, 3.63) is 64.0 Å². The summed E-state index contributed by atoms with van der Waals surface area (Å²) in [6.45, 7) is 0.851. The smallest absolute Gasteiger partial charge is 0.271 e. The summed E-state index contributed by atoms with van der Waals surface area (Å²) in [5.74, 6) is 1.48. The predicted molar refractivity (Wildman–Crippen MR) is 98.5 cm³/mol. The number of hydrogen-bond donors (Lipinski definition) is 2. The van der Waals surface area contributed by atoms with Crippen molar-refractivity contribution in [3.63, 3.8) is 0 Å². The van der Waals surface area contributed by atoms with E-state index in [9.17, 15) is 14.9 Å². The Hall–Kier alpha value is -3.42. The molecule has 0 saturated heterocycles. The van der Waals surface area contributed by atoms with Gasteiger partial charge in [-0.15, -0.1) is 0 Å². The first-order valence-corrected chi connectivity index (χ1v) is 8.71. The molecular formula is C19H18N4O4. The van der Waals surface area contributed by atoms with Gasteiger partial charge in [0.1, 0.15) is 11.6 Å². The van der Waals surface area contributed by atoms with Crippen molar-refractivity contribution < 1.29 is 14.5 Å². The van der Waals surface area contributed by atoms with E-state index in [2.05, 4.69) is 15.3 Å². The first-order valence-electron chi connectivity index (χ1n) is 8.71. The molecule has 4 rings (SSSR count). The average molecular weight is 366 g/mol. The van der Waals surface area contributed by atoms with Crippen LogP contribution in [0.2, 0.25) is 0 Å². The van der Waals surface area contributed by atoms with E-state index in [4.69, 9.17) is 4.74 Å². The summed E-state index contributed by atoms with van der Waals surface area (Å²) in [5, 5.41) is 13.7. The number of non-ortho nitro benzene ring substituents is 1. The number of nitro benzene ring substituents is 1. The first-order chi connectivity index (χ1) is 13.1. The monoisotopic (exact) mass is 366 g/mol. The highest BCUT2D eigenvalue weighted by atomic mass is 16.6. The van der Waals surface area contributed by atoms with Gasteiger partial charge in [0.15, 0.2) is 0 Å². The van der Waals surface area contributed by atoms with E-state index < -0.39 is 4.92 Å². The molecule has 0 bridgehead atoms. The number of fused-ring (bicyclic) bond motifs is 2. The Morgan fingerprint density at radius 3 is 3.04 bits per heavy atom. The maximum Gasteiger partial charge on any atom is 0.271 e. The number of imidazole rings is 1. The number of ether oxygens (including phenoxy) is 1. The Morgan fingerprint density at radius 1 is 1.33 bits per heavy atom. The number of H-pyrrole nitrogens is 1.